The van der Waals surface area contributed by atoms with E-state index < -0.39 is 6.36 Å². The number of nitrogens with zero attached hydrogens (tertiary/aromatic N) is 1. The van der Waals surface area contributed by atoms with Gasteiger partial charge >= 0.3 is 6.36 Å². The molecule has 4 nitrogen and oxygen atoms in total. The van der Waals surface area contributed by atoms with E-state index in [0.717, 1.165) is 0 Å². The highest BCUT2D eigenvalue weighted by Crippen LogP contribution is 2.29. The van der Waals surface area contributed by atoms with Crippen molar-refractivity contribution in [1.82, 2.24) is 0 Å². The van der Waals surface area contributed by atoms with Crippen molar-refractivity contribution < 1.29 is 17.9 Å². The molecule has 0 aliphatic rings. The molecule has 0 aliphatic heterocycles. The summed E-state index contributed by atoms with van der Waals surface area (Å²) in [5, 5.41) is 2.88. The molecule has 1 aromatic carbocycles. The van der Waals surface area contributed by atoms with Crippen LogP contribution in [-0.4, -0.2) is 30.4 Å². The van der Waals surface area contributed by atoms with Crippen LogP contribution in [0.4, 0.5) is 18.9 Å². The van der Waals surface area contributed by atoms with Gasteiger partial charge in [0, 0.05) is 5.25 Å². The number of hydrogen-bond donors (Lipinski definition) is 2. The number of alkyl halides is 3. The third-order valence-electron chi connectivity index (χ3n) is 2.30. The summed E-state index contributed by atoms with van der Waals surface area (Å²) in [6, 6.07) is 5.65. The Labute approximate surface area is 142 Å². The van der Waals surface area contributed by atoms with E-state index in [1.54, 1.807) is 17.8 Å². The summed E-state index contributed by atoms with van der Waals surface area (Å²) in [6.07, 6.45) is -2.81. The van der Waals surface area contributed by atoms with Crippen LogP contribution in [0.1, 0.15) is 6.92 Å². The highest BCUT2D eigenvalue weighted by Gasteiger charge is 2.32. The molecule has 21 heavy (non-hydrogen) atoms. The SMILES string of the molecule is CSC(C)CN=C(N)Nc1ccccc1OC(F)(F)F.I. The fourth-order valence-corrected chi connectivity index (χ4v) is 1.49. The van der Waals surface area contributed by atoms with Crippen LogP contribution in [0.15, 0.2) is 29.3 Å². The number of thioether (sulfide) groups is 1. The second-order valence-electron chi connectivity index (χ2n) is 3.94. The number of ether oxygens (including phenoxy) is 1. The minimum absolute atomic E-state index is 0. The Morgan fingerprint density at radius 1 is 1.43 bits per heavy atom. The van der Waals surface area contributed by atoms with E-state index in [1.807, 2.05) is 13.2 Å². The molecule has 0 bridgehead atoms. The number of para-hydroxylation sites is 2. The zero-order valence-electron chi connectivity index (χ0n) is 11.5. The zero-order chi connectivity index (χ0) is 15.2. The number of hydrogen-bond acceptors (Lipinski definition) is 3. The minimum atomic E-state index is -4.75. The summed E-state index contributed by atoms with van der Waals surface area (Å²) in [5.41, 5.74) is 5.75. The van der Waals surface area contributed by atoms with Crippen LogP contribution in [-0.2, 0) is 0 Å². The van der Waals surface area contributed by atoms with Gasteiger partial charge in [0.1, 0.15) is 0 Å². The molecule has 1 atom stereocenters. The molecule has 0 heterocycles. The molecule has 0 saturated carbocycles. The van der Waals surface area contributed by atoms with Gasteiger partial charge in [-0.05, 0) is 18.4 Å². The van der Waals surface area contributed by atoms with Crippen molar-refractivity contribution in [3.63, 3.8) is 0 Å². The fourth-order valence-electron chi connectivity index (χ4n) is 1.26. The molecule has 120 valence electrons. The number of anilines is 1. The van der Waals surface area contributed by atoms with Crippen molar-refractivity contribution in [1.29, 1.82) is 0 Å². The third-order valence-corrected chi connectivity index (χ3v) is 3.25. The van der Waals surface area contributed by atoms with Gasteiger partial charge in [0.05, 0.1) is 12.2 Å². The van der Waals surface area contributed by atoms with E-state index in [9.17, 15) is 13.2 Å². The minimum Gasteiger partial charge on any atom is -0.404 e. The first-order chi connectivity index (χ1) is 9.31. The van der Waals surface area contributed by atoms with Crippen LogP contribution in [0.25, 0.3) is 0 Å². The van der Waals surface area contributed by atoms with Crippen LogP contribution in [0.2, 0.25) is 0 Å². The lowest BCUT2D eigenvalue weighted by Gasteiger charge is -2.14. The Kier molecular flexibility index (Phi) is 8.86. The van der Waals surface area contributed by atoms with Crippen LogP contribution in [0.3, 0.4) is 0 Å². The van der Waals surface area contributed by atoms with E-state index in [0.29, 0.717) is 6.54 Å². The van der Waals surface area contributed by atoms with Crippen molar-refractivity contribution >= 4 is 47.4 Å². The topological polar surface area (TPSA) is 59.6 Å². The number of nitrogens with one attached hydrogen (secondary N) is 1. The predicted molar refractivity (Wildman–Crippen MR) is 91.6 cm³/mol. The van der Waals surface area contributed by atoms with Crippen LogP contribution in [0, 0.1) is 0 Å². The Balaban J connectivity index is 0.00000400. The average molecular weight is 435 g/mol. The van der Waals surface area contributed by atoms with Crippen molar-refractivity contribution in [2.24, 2.45) is 10.7 Å². The van der Waals surface area contributed by atoms with Gasteiger partial charge in [-0.1, -0.05) is 19.1 Å². The molecule has 9 heteroatoms. The Hall–Kier alpha value is -0.840. The van der Waals surface area contributed by atoms with E-state index in [1.165, 1.54) is 18.2 Å². The molecule has 3 N–H and O–H groups in total. The molecule has 0 fully saturated rings. The molecule has 0 radical (unpaired) electrons. The van der Waals surface area contributed by atoms with Crippen molar-refractivity contribution in [2.45, 2.75) is 18.5 Å². The lowest BCUT2D eigenvalue weighted by molar-refractivity contribution is -0.274. The lowest BCUT2D eigenvalue weighted by atomic mass is 10.3. The summed E-state index contributed by atoms with van der Waals surface area (Å²) in [4.78, 5) is 4.05. The number of halogens is 4. The van der Waals surface area contributed by atoms with E-state index >= 15 is 0 Å². The summed E-state index contributed by atoms with van der Waals surface area (Å²) in [5.74, 6) is -0.305. The van der Waals surface area contributed by atoms with Gasteiger partial charge in [0.15, 0.2) is 11.7 Å². The number of aliphatic imine (C=N–C) groups is 1. The Bertz CT molecular complexity index is 471. The van der Waals surface area contributed by atoms with Gasteiger partial charge < -0.3 is 15.8 Å². The monoisotopic (exact) mass is 435 g/mol. The van der Waals surface area contributed by atoms with Crippen LogP contribution in [0.5, 0.6) is 5.75 Å². The maximum absolute atomic E-state index is 12.2. The molecule has 0 aromatic heterocycles. The normalized spacial score (nSPS) is 13.3. The maximum atomic E-state index is 12.2. The molecule has 1 aromatic rings. The summed E-state index contributed by atoms with van der Waals surface area (Å²) in [7, 11) is 0. The highest BCUT2D eigenvalue weighted by atomic mass is 127. The van der Waals surface area contributed by atoms with Crippen LogP contribution >= 0.6 is 35.7 Å². The van der Waals surface area contributed by atoms with E-state index in [-0.39, 0.29) is 46.6 Å². The smallest absolute Gasteiger partial charge is 0.404 e. The largest absolute Gasteiger partial charge is 0.573 e. The first-order valence-corrected chi connectivity index (χ1v) is 7.05. The molecule has 0 spiro atoms. The zero-order valence-corrected chi connectivity index (χ0v) is 14.6. The second kappa shape index (κ2) is 9.23. The Morgan fingerprint density at radius 2 is 2.05 bits per heavy atom. The first kappa shape index (κ1) is 20.2. The predicted octanol–water partition coefficient (Wildman–Crippen LogP) is 3.68. The summed E-state index contributed by atoms with van der Waals surface area (Å²) in [6.45, 7) is 2.45. The third kappa shape index (κ3) is 8.24. The number of rotatable bonds is 5. The molecular formula is C12H17F3IN3OS. The number of nitrogens with two attached hydrogens (primary N) is 1. The molecule has 1 rings (SSSR count). The van der Waals surface area contributed by atoms with E-state index in [2.05, 4.69) is 15.0 Å². The summed E-state index contributed by atoms with van der Waals surface area (Å²) >= 11 is 1.62. The quantitative estimate of drug-likeness (QED) is 0.421. The number of guanidine groups is 1. The maximum Gasteiger partial charge on any atom is 0.573 e. The van der Waals surface area contributed by atoms with Gasteiger partial charge in [0.25, 0.3) is 0 Å². The van der Waals surface area contributed by atoms with Crippen molar-refractivity contribution in [2.75, 3.05) is 18.1 Å². The van der Waals surface area contributed by atoms with Crippen molar-refractivity contribution in [3.05, 3.63) is 24.3 Å². The van der Waals surface area contributed by atoms with Gasteiger partial charge in [-0.15, -0.1) is 37.1 Å². The average Bonchev–Trinajstić information content (AvgIpc) is 2.36. The molecule has 0 saturated heterocycles. The molecule has 0 aliphatic carbocycles. The van der Waals surface area contributed by atoms with Crippen molar-refractivity contribution in [3.8, 4) is 5.75 Å². The van der Waals surface area contributed by atoms with E-state index in [4.69, 9.17) is 5.73 Å². The molecule has 0 amide bonds. The molecular weight excluding hydrogens is 418 g/mol. The summed E-state index contributed by atoms with van der Waals surface area (Å²) < 4.78 is 40.6. The second-order valence-corrected chi connectivity index (χ2v) is 5.22. The van der Waals surface area contributed by atoms with Gasteiger partial charge in [-0.2, -0.15) is 11.8 Å². The highest BCUT2D eigenvalue weighted by molar-refractivity contribution is 14.0. The first-order valence-electron chi connectivity index (χ1n) is 5.76. The van der Waals surface area contributed by atoms with Gasteiger partial charge in [0.2, 0.25) is 0 Å². The van der Waals surface area contributed by atoms with Gasteiger partial charge in [-0.3, -0.25) is 4.99 Å². The van der Waals surface area contributed by atoms with Crippen LogP contribution < -0.4 is 15.8 Å². The standard InChI is InChI=1S/C12H16F3N3OS.HI/c1-8(20-2)7-17-11(16)18-9-5-3-4-6-10(9)19-12(13,14)15;/h3-6,8H,7H2,1-2H3,(H3,16,17,18);1H. The lowest BCUT2D eigenvalue weighted by Crippen LogP contribution is -2.25. The Morgan fingerprint density at radius 3 is 2.62 bits per heavy atom. The number of benzene rings is 1. The van der Waals surface area contributed by atoms with Gasteiger partial charge in [-0.25, -0.2) is 0 Å². The molecule has 1 unspecified atom stereocenters. The fraction of sp³-hybridized carbons (Fsp3) is 0.417.